The Morgan fingerprint density at radius 1 is 1.58 bits per heavy atom. The van der Waals surface area contributed by atoms with Gasteiger partial charge in [-0.25, -0.2) is 0 Å². The summed E-state index contributed by atoms with van der Waals surface area (Å²) in [5, 5.41) is 8.87. The minimum absolute atomic E-state index is 0.0637. The predicted molar refractivity (Wildman–Crippen MR) is 47.9 cm³/mol. The van der Waals surface area contributed by atoms with Crippen LogP contribution in [0.1, 0.15) is 27.2 Å². The Bertz CT molecular complexity index is 270. The molecule has 2 heteroatoms. The minimum atomic E-state index is -0.218. The Labute approximate surface area is 72.6 Å². The van der Waals surface area contributed by atoms with Crippen LogP contribution in [0, 0.1) is 5.41 Å². The van der Waals surface area contributed by atoms with Gasteiger partial charge in [0.2, 0.25) is 0 Å². The van der Waals surface area contributed by atoms with Crippen LogP contribution in [0.2, 0.25) is 0 Å². The van der Waals surface area contributed by atoms with E-state index in [4.69, 9.17) is 5.11 Å². The fourth-order valence-electron chi connectivity index (χ4n) is 1.72. The van der Waals surface area contributed by atoms with E-state index >= 15 is 0 Å². The van der Waals surface area contributed by atoms with E-state index in [1.54, 1.807) is 6.08 Å². The first-order valence-electron chi connectivity index (χ1n) is 4.04. The molecule has 0 aromatic heterocycles. The standard InChI is InChI=1S/C10H14O2/c1-7-4-9(12)8(6-11)10(2,3)5-7/h4,6,11H,5H2,1-3H3. The maximum absolute atomic E-state index is 11.3. The van der Waals surface area contributed by atoms with Crippen molar-refractivity contribution in [1.82, 2.24) is 0 Å². The van der Waals surface area contributed by atoms with E-state index in [2.05, 4.69) is 0 Å². The van der Waals surface area contributed by atoms with E-state index in [-0.39, 0.29) is 11.2 Å². The lowest BCUT2D eigenvalue weighted by Crippen LogP contribution is -2.25. The first-order chi connectivity index (χ1) is 5.47. The van der Waals surface area contributed by atoms with Crippen molar-refractivity contribution in [3.8, 4) is 0 Å². The molecule has 0 aliphatic heterocycles. The molecule has 0 heterocycles. The zero-order valence-corrected chi connectivity index (χ0v) is 7.72. The summed E-state index contributed by atoms with van der Waals surface area (Å²) < 4.78 is 0. The van der Waals surface area contributed by atoms with Crippen LogP contribution in [0.4, 0.5) is 0 Å². The van der Waals surface area contributed by atoms with Crippen LogP contribution in [-0.4, -0.2) is 10.9 Å². The molecule has 0 bridgehead atoms. The molecule has 0 saturated heterocycles. The highest BCUT2D eigenvalue weighted by molar-refractivity contribution is 6.06. The lowest BCUT2D eigenvalue weighted by molar-refractivity contribution is -0.112. The van der Waals surface area contributed by atoms with Crippen molar-refractivity contribution in [2.75, 3.05) is 0 Å². The summed E-state index contributed by atoms with van der Waals surface area (Å²) in [6.45, 7) is 5.86. The number of hydrogen-bond acceptors (Lipinski definition) is 2. The highest BCUT2D eigenvalue weighted by Gasteiger charge is 2.31. The average molecular weight is 166 g/mol. The van der Waals surface area contributed by atoms with Gasteiger partial charge in [0.15, 0.2) is 5.78 Å². The second-order valence-electron chi connectivity index (χ2n) is 3.96. The SMILES string of the molecule is CC1=CC(=O)C(=CO)C(C)(C)C1. The number of ketones is 1. The average Bonchev–Trinajstić information content (AvgIpc) is 1.82. The molecule has 1 aliphatic rings. The molecule has 0 saturated carbocycles. The summed E-state index contributed by atoms with van der Waals surface area (Å²) in [4.78, 5) is 11.3. The molecule has 2 nitrogen and oxygen atoms in total. The summed E-state index contributed by atoms with van der Waals surface area (Å²) >= 11 is 0. The third-order valence-corrected chi connectivity index (χ3v) is 2.22. The van der Waals surface area contributed by atoms with E-state index in [1.165, 1.54) is 0 Å². The number of carbonyl (C=O) groups excluding carboxylic acids is 1. The van der Waals surface area contributed by atoms with Gasteiger partial charge in [-0.15, -0.1) is 0 Å². The summed E-state index contributed by atoms with van der Waals surface area (Å²) in [6.07, 6.45) is 3.36. The van der Waals surface area contributed by atoms with Crippen LogP contribution in [-0.2, 0) is 4.79 Å². The van der Waals surface area contributed by atoms with Gasteiger partial charge in [0, 0.05) is 11.0 Å². The molecular weight excluding hydrogens is 152 g/mol. The molecule has 0 amide bonds. The van der Waals surface area contributed by atoms with Crippen molar-refractivity contribution >= 4 is 5.78 Å². The molecule has 0 radical (unpaired) electrons. The third-order valence-electron chi connectivity index (χ3n) is 2.22. The number of aliphatic hydroxyl groups excluding tert-OH is 1. The van der Waals surface area contributed by atoms with Crippen molar-refractivity contribution in [3.63, 3.8) is 0 Å². The Morgan fingerprint density at radius 3 is 2.58 bits per heavy atom. The van der Waals surface area contributed by atoms with Crippen molar-refractivity contribution < 1.29 is 9.90 Å². The Kier molecular flexibility index (Phi) is 2.09. The molecule has 66 valence electrons. The van der Waals surface area contributed by atoms with Crippen molar-refractivity contribution in [1.29, 1.82) is 0 Å². The molecule has 0 atom stereocenters. The van der Waals surface area contributed by atoms with Crippen molar-refractivity contribution in [2.45, 2.75) is 27.2 Å². The smallest absolute Gasteiger partial charge is 0.185 e. The van der Waals surface area contributed by atoms with Gasteiger partial charge in [0.25, 0.3) is 0 Å². The molecule has 0 aromatic rings. The quantitative estimate of drug-likeness (QED) is 0.443. The summed E-state index contributed by atoms with van der Waals surface area (Å²) in [5.41, 5.74) is 1.37. The molecule has 0 spiro atoms. The Balaban J connectivity index is 3.12. The van der Waals surface area contributed by atoms with Gasteiger partial charge < -0.3 is 5.11 Å². The maximum Gasteiger partial charge on any atom is 0.185 e. The van der Waals surface area contributed by atoms with Crippen LogP contribution in [0.25, 0.3) is 0 Å². The summed E-state index contributed by atoms with van der Waals surface area (Å²) in [5.74, 6) is -0.0637. The lowest BCUT2D eigenvalue weighted by atomic mass is 9.73. The normalized spacial score (nSPS) is 25.8. The second kappa shape index (κ2) is 2.77. The third kappa shape index (κ3) is 1.42. The van der Waals surface area contributed by atoms with Crippen LogP contribution in [0.3, 0.4) is 0 Å². The van der Waals surface area contributed by atoms with E-state index in [9.17, 15) is 4.79 Å². The highest BCUT2D eigenvalue weighted by Crippen LogP contribution is 2.37. The predicted octanol–water partition coefficient (Wildman–Crippen LogP) is 2.37. The van der Waals surface area contributed by atoms with Crippen LogP contribution < -0.4 is 0 Å². The minimum Gasteiger partial charge on any atom is -0.515 e. The monoisotopic (exact) mass is 166 g/mol. The van der Waals surface area contributed by atoms with Crippen LogP contribution in [0.5, 0.6) is 0 Å². The van der Waals surface area contributed by atoms with E-state index in [0.29, 0.717) is 5.57 Å². The molecule has 0 fully saturated rings. The molecule has 1 aliphatic carbocycles. The fourth-order valence-corrected chi connectivity index (χ4v) is 1.72. The molecule has 1 rings (SSSR count). The summed E-state index contributed by atoms with van der Waals surface area (Å²) in [6, 6.07) is 0. The second-order valence-corrected chi connectivity index (χ2v) is 3.96. The van der Waals surface area contributed by atoms with E-state index in [0.717, 1.165) is 18.3 Å². The van der Waals surface area contributed by atoms with Gasteiger partial charge in [-0.1, -0.05) is 19.4 Å². The van der Waals surface area contributed by atoms with Gasteiger partial charge in [-0.3, -0.25) is 4.79 Å². The number of rotatable bonds is 0. The van der Waals surface area contributed by atoms with Crippen molar-refractivity contribution in [3.05, 3.63) is 23.5 Å². The Hall–Kier alpha value is -1.05. The van der Waals surface area contributed by atoms with E-state index in [1.807, 2.05) is 20.8 Å². The molecule has 0 aromatic carbocycles. The van der Waals surface area contributed by atoms with Crippen molar-refractivity contribution in [2.24, 2.45) is 5.41 Å². The molecule has 12 heavy (non-hydrogen) atoms. The first kappa shape index (κ1) is 9.04. The number of allylic oxidation sites excluding steroid dienone is 3. The van der Waals surface area contributed by atoms with Gasteiger partial charge in [0.05, 0.1) is 6.26 Å². The fraction of sp³-hybridized carbons (Fsp3) is 0.500. The molecule has 0 unspecified atom stereocenters. The molecule has 1 N–H and O–H groups in total. The highest BCUT2D eigenvalue weighted by atomic mass is 16.2. The van der Waals surface area contributed by atoms with E-state index < -0.39 is 0 Å². The van der Waals surface area contributed by atoms with Gasteiger partial charge in [-0.05, 0) is 19.4 Å². The number of carbonyl (C=O) groups is 1. The first-order valence-corrected chi connectivity index (χ1v) is 4.04. The van der Waals surface area contributed by atoms with Crippen LogP contribution >= 0.6 is 0 Å². The molecular formula is C10H14O2. The largest absolute Gasteiger partial charge is 0.515 e. The zero-order valence-electron chi connectivity index (χ0n) is 7.72. The number of aliphatic hydroxyl groups is 1. The van der Waals surface area contributed by atoms with Gasteiger partial charge in [0.1, 0.15) is 0 Å². The Morgan fingerprint density at radius 2 is 2.17 bits per heavy atom. The van der Waals surface area contributed by atoms with Crippen LogP contribution in [0.15, 0.2) is 23.5 Å². The zero-order chi connectivity index (χ0) is 9.35. The topological polar surface area (TPSA) is 37.3 Å². The number of hydrogen-bond donors (Lipinski definition) is 1. The van der Waals surface area contributed by atoms with Gasteiger partial charge in [-0.2, -0.15) is 0 Å². The lowest BCUT2D eigenvalue weighted by Gasteiger charge is -2.29. The van der Waals surface area contributed by atoms with Gasteiger partial charge >= 0.3 is 0 Å². The maximum atomic E-state index is 11.3. The summed E-state index contributed by atoms with van der Waals surface area (Å²) in [7, 11) is 0.